The Bertz CT molecular complexity index is 435. The molecule has 1 unspecified atom stereocenters. The van der Waals surface area contributed by atoms with Gasteiger partial charge in [-0.25, -0.2) is 4.39 Å². The standard InChI is InChI=1S/C14H20FNO3/c1-9(2)16-11(14(17)18-4)8-19-12-7-5-6-10(3)13(12)15/h5-7,9,11,16H,8H2,1-4H3. The lowest BCUT2D eigenvalue weighted by Gasteiger charge is -2.19. The van der Waals surface area contributed by atoms with E-state index in [1.807, 2.05) is 13.8 Å². The van der Waals surface area contributed by atoms with Gasteiger partial charge >= 0.3 is 5.97 Å². The van der Waals surface area contributed by atoms with Crippen molar-refractivity contribution in [2.75, 3.05) is 13.7 Å². The van der Waals surface area contributed by atoms with Crippen LogP contribution in [0.5, 0.6) is 5.75 Å². The highest BCUT2D eigenvalue weighted by atomic mass is 19.1. The molecule has 0 saturated carbocycles. The van der Waals surface area contributed by atoms with Crippen LogP contribution in [0, 0.1) is 12.7 Å². The first kappa shape index (κ1) is 15.4. The molecular formula is C14H20FNO3. The van der Waals surface area contributed by atoms with E-state index in [1.54, 1.807) is 19.1 Å². The van der Waals surface area contributed by atoms with Gasteiger partial charge in [-0.15, -0.1) is 0 Å². The first-order chi connectivity index (χ1) is 8.95. The molecule has 106 valence electrons. The maximum atomic E-state index is 13.7. The third kappa shape index (κ3) is 4.52. The molecule has 1 N–H and O–H groups in total. The molecule has 0 aromatic heterocycles. The highest BCUT2D eigenvalue weighted by Crippen LogP contribution is 2.19. The Morgan fingerprint density at radius 2 is 2.11 bits per heavy atom. The van der Waals surface area contributed by atoms with Crippen LogP contribution in [0.25, 0.3) is 0 Å². The molecule has 0 fully saturated rings. The monoisotopic (exact) mass is 269 g/mol. The molecule has 5 heteroatoms. The number of rotatable bonds is 6. The topological polar surface area (TPSA) is 47.6 Å². The molecule has 0 spiro atoms. The predicted molar refractivity (Wildman–Crippen MR) is 70.7 cm³/mol. The van der Waals surface area contributed by atoms with Crippen LogP contribution in [0.3, 0.4) is 0 Å². The molecule has 0 radical (unpaired) electrons. The first-order valence-corrected chi connectivity index (χ1v) is 6.17. The van der Waals surface area contributed by atoms with E-state index in [4.69, 9.17) is 4.74 Å². The van der Waals surface area contributed by atoms with Crippen molar-refractivity contribution in [2.24, 2.45) is 0 Å². The van der Waals surface area contributed by atoms with Gasteiger partial charge in [0.1, 0.15) is 12.6 Å². The summed E-state index contributed by atoms with van der Waals surface area (Å²) in [7, 11) is 1.31. The average molecular weight is 269 g/mol. The second-order valence-corrected chi connectivity index (χ2v) is 4.60. The van der Waals surface area contributed by atoms with Gasteiger partial charge in [-0.05, 0) is 18.6 Å². The molecule has 0 amide bonds. The number of carbonyl (C=O) groups is 1. The van der Waals surface area contributed by atoms with Gasteiger partial charge in [0.15, 0.2) is 11.6 Å². The molecule has 0 aliphatic carbocycles. The number of esters is 1. The van der Waals surface area contributed by atoms with Gasteiger partial charge in [0.2, 0.25) is 0 Å². The largest absolute Gasteiger partial charge is 0.488 e. The predicted octanol–water partition coefficient (Wildman–Crippen LogP) is 2.05. The van der Waals surface area contributed by atoms with Crippen molar-refractivity contribution in [3.05, 3.63) is 29.6 Å². The molecular weight excluding hydrogens is 249 g/mol. The van der Waals surface area contributed by atoms with E-state index in [2.05, 4.69) is 10.1 Å². The molecule has 0 bridgehead atoms. The number of methoxy groups -OCH3 is 1. The molecule has 1 rings (SSSR count). The minimum atomic E-state index is -0.620. The summed E-state index contributed by atoms with van der Waals surface area (Å²) < 4.78 is 23.8. The quantitative estimate of drug-likeness (QED) is 0.803. The van der Waals surface area contributed by atoms with E-state index in [0.717, 1.165) is 0 Å². The zero-order valence-electron chi connectivity index (χ0n) is 11.7. The van der Waals surface area contributed by atoms with Crippen LogP contribution in [0.1, 0.15) is 19.4 Å². The summed E-state index contributed by atoms with van der Waals surface area (Å²) in [5, 5.41) is 3.01. The van der Waals surface area contributed by atoms with Crippen LogP contribution in [-0.4, -0.2) is 31.8 Å². The molecule has 4 nitrogen and oxygen atoms in total. The van der Waals surface area contributed by atoms with Crippen LogP contribution in [0.15, 0.2) is 18.2 Å². The second kappa shape index (κ2) is 7.09. The number of hydrogen-bond donors (Lipinski definition) is 1. The highest BCUT2D eigenvalue weighted by molar-refractivity contribution is 5.75. The van der Waals surface area contributed by atoms with Gasteiger partial charge in [-0.1, -0.05) is 26.0 Å². The Kier molecular flexibility index (Phi) is 5.76. The molecule has 1 aromatic rings. The molecule has 0 aliphatic heterocycles. The van der Waals surface area contributed by atoms with E-state index in [9.17, 15) is 9.18 Å². The summed E-state index contributed by atoms with van der Waals surface area (Å²) in [5.41, 5.74) is 0.504. The Labute approximate surface area is 112 Å². The zero-order chi connectivity index (χ0) is 14.4. The molecule has 0 aliphatic rings. The van der Waals surface area contributed by atoms with Gasteiger partial charge in [0.05, 0.1) is 7.11 Å². The Hall–Kier alpha value is -1.62. The number of halogens is 1. The maximum Gasteiger partial charge on any atom is 0.326 e. The van der Waals surface area contributed by atoms with Crippen LogP contribution in [0.4, 0.5) is 4.39 Å². The number of hydrogen-bond acceptors (Lipinski definition) is 4. The third-order valence-corrected chi connectivity index (χ3v) is 2.58. The summed E-state index contributed by atoms with van der Waals surface area (Å²) in [4.78, 5) is 11.6. The fraction of sp³-hybridized carbons (Fsp3) is 0.500. The van der Waals surface area contributed by atoms with Crippen molar-refractivity contribution in [2.45, 2.75) is 32.9 Å². The molecule has 1 aromatic carbocycles. The number of benzene rings is 1. The molecule has 19 heavy (non-hydrogen) atoms. The lowest BCUT2D eigenvalue weighted by molar-refractivity contribution is -0.144. The van der Waals surface area contributed by atoms with E-state index < -0.39 is 17.8 Å². The zero-order valence-corrected chi connectivity index (χ0v) is 11.7. The Morgan fingerprint density at radius 3 is 2.68 bits per heavy atom. The van der Waals surface area contributed by atoms with Gasteiger partial charge < -0.3 is 9.47 Å². The van der Waals surface area contributed by atoms with Crippen molar-refractivity contribution in [3.63, 3.8) is 0 Å². The molecule has 0 heterocycles. The van der Waals surface area contributed by atoms with Crippen molar-refractivity contribution in [3.8, 4) is 5.75 Å². The van der Waals surface area contributed by atoms with Crippen molar-refractivity contribution >= 4 is 5.97 Å². The number of carbonyl (C=O) groups excluding carboxylic acids is 1. The lowest BCUT2D eigenvalue weighted by atomic mass is 10.2. The van der Waals surface area contributed by atoms with Crippen molar-refractivity contribution in [1.82, 2.24) is 5.32 Å². The van der Waals surface area contributed by atoms with Crippen LogP contribution in [-0.2, 0) is 9.53 Å². The highest BCUT2D eigenvalue weighted by Gasteiger charge is 2.21. The van der Waals surface area contributed by atoms with Gasteiger partial charge in [0, 0.05) is 6.04 Å². The van der Waals surface area contributed by atoms with Crippen LogP contribution >= 0.6 is 0 Å². The smallest absolute Gasteiger partial charge is 0.326 e. The van der Waals surface area contributed by atoms with Gasteiger partial charge in [-0.2, -0.15) is 0 Å². The number of ether oxygens (including phenoxy) is 2. The average Bonchev–Trinajstić information content (AvgIpc) is 2.37. The van der Waals surface area contributed by atoms with E-state index in [1.165, 1.54) is 13.2 Å². The summed E-state index contributed by atoms with van der Waals surface area (Å²) in [6.07, 6.45) is 0. The number of aryl methyl sites for hydroxylation is 1. The number of nitrogens with one attached hydrogen (secondary N) is 1. The summed E-state index contributed by atoms with van der Waals surface area (Å²) in [6.45, 7) is 5.49. The fourth-order valence-corrected chi connectivity index (χ4v) is 1.63. The Balaban J connectivity index is 2.70. The molecule has 1 atom stereocenters. The van der Waals surface area contributed by atoms with Gasteiger partial charge in [0.25, 0.3) is 0 Å². The van der Waals surface area contributed by atoms with Crippen LogP contribution < -0.4 is 10.1 Å². The first-order valence-electron chi connectivity index (χ1n) is 6.17. The van der Waals surface area contributed by atoms with E-state index >= 15 is 0 Å². The summed E-state index contributed by atoms with van der Waals surface area (Å²) in [6, 6.07) is 4.37. The minimum absolute atomic E-state index is 0.0191. The maximum absolute atomic E-state index is 13.7. The minimum Gasteiger partial charge on any atom is -0.488 e. The van der Waals surface area contributed by atoms with E-state index in [-0.39, 0.29) is 18.4 Å². The summed E-state index contributed by atoms with van der Waals surface area (Å²) >= 11 is 0. The second-order valence-electron chi connectivity index (χ2n) is 4.60. The van der Waals surface area contributed by atoms with Crippen molar-refractivity contribution < 1.29 is 18.7 Å². The molecule has 0 saturated heterocycles. The fourth-order valence-electron chi connectivity index (χ4n) is 1.63. The van der Waals surface area contributed by atoms with Crippen LogP contribution in [0.2, 0.25) is 0 Å². The Morgan fingerprint density at radius 1 is 1.42 bits per heavy atom. The normalized spacial score (nSPS) is 12.3. The van der Waals surface area contributed by atoms with Gasteiger partial charge in [-0.3, -0.25) is 10.1 Å². The lowest BCUT2D eigenvalue weighted by Crippen LogP contribution is -2.45. The SMILES string of the molecule is COC(=O)C(COc1cccc(C)c1F)NC(C)C. The third-order valence-electron chi connectivity index (χ3n) is 2.58. The van der Waals surface area contributed by atoms with E-state index in [0.29, 0.717) is 5.56 Å². The summed E-state index contributed by atoms with van der Waals surface area (Å²) in [5.74, 6) is -0.697. The van der Waals surface area contributed by atoms with Crippen molar-refractivity contribution in [1.29, 1.82) is 0 Å².